The maximum atomic E-state index is 6.53. The maximum Gasteiger partial charge on any atom is 0.0344 e. The molecule has 21 heavy (non-hydrogen) atoms. The largest absolute Gasteiger partial charge is 0.324 e. The van der Waals surface area contributed by atoms with Crippen LogP contribution in [0.2, 0.25) is 0 Å². The summed E-state index contributed by atoms with van der Waals surface area (Å²) in [5.74, 6) is 0. The molecule has 0 aliphatic carbocycles. The standard InChI is InChI=1S/C20H21N/c1-14-7-10-16(11-8-14)13-19(21)20-15(2)9-12-17-5-3-4-6-18(17)20/h3-12,19H,13,21H2,1-2H3. The Morgan fingerprint density at radius 1 is 0.857 bits per heavy atom. The predicted octanol–water partition coefficient (Wildman–Crippen LogP) is 4.70. The smallest absolute Gasteiger partial charge is 0.0344 e. The Morgan fingerprint density at radius 2 is 1.57 bits per heavy atom. The number of nitrogens with two attached hydrogens (primary N) is 1. The topological polar surface area (TPSA) is 26.0 Å². The van der Waals surface area contributed by atoms with Crippen LogP contribution in [0.25, 0.3) is 10.8 Å². The first-order chi connectivity index (χ1) is 10.1. The molecule has 3 aromatic carbocycles. The van der Waals surface area contributed by atoms with Crippen molar-refractivity contribution in [1.82, 2.24) is 0 Å². The summed E-state index contributed by atoms with van der Waals surface area (Å²) >= 11 is 0. The molecule has 3 rings (SSSR count). The van der Waals surface area contributed by atoms with E-state index in [1.54, 1.807) is 0 Å². The normalized spacial score (nSPS) is 12.5. The molecule has 0 aliphatic heterocycles. The Balaban J connectivity index is 1.99. The summed E-state index contributed by atoms with van der Waals surface area (Å²) in [6.45, 7) is 4.26. The van der Waals surface area contributed by atoms with Crippen LogP contribution in [0.5, 0.6) is 0 Å². The molecule has 2 N–H and O–H groups in total. The van der Waals surface area contributed by atoms with E-state index < -0.39 is 0 Å². The molecule has 1 nitrogen and oxygen atoms in total. The summed E-state index contributed by atoms with van der Waals surface area (Å²) < 4.78 is 0. The van der Waals surface area contributed by atoms with E-state index in [0.717, 1.165) is 6.42 Å². The van der Waals surface area contributed by atoms with Crippen molar-refractivity contribution in [2.75, 3.05) is 0 Å². The summed E-state index contributed by atoms with van der Waals surface area (Å²) in [6.07, 6.45) is 0.870. The molecule has 0 saturated heterocycles. The summed E-state index contributed by atoms with van der Waals surface area (Å²) in [4.78, 5) is 0. The molecule has 1 unspecified atom stereocenters. The highest BCUT2D eigenvalue weighted by Crippen LogP contribution is 2.28. The Morgan fingerprint density at radius 3 is 2.33 bits per heavy atom. The summed E-state index contributed by atoms with van der Waals surface area (Å²) in [5.41, 5.74) is 11.7. The van der Waals surface area contributed by atoms with Gasteiger partial charge >= 0.3 is 0 Å². The van der Waals surface area contributed by atoms with Gasteiger partial charge in [-0.05, 0) is 47.7 Å². The summed E-state index contributed by atoms with van der Waals surface area (Å²) in [6, 6.07) is 21.5. The zero-order valence-electron chi connectivity index (χ0n) is 12.6. The molecular weight excluding hydrogens is 254 g/mol. The summed E-state index contributed by atoms with van der Waals surface area (Å²) in [7, 11) is 0. The molecule has 0 amide bonds. The molecule has 0 bridgehead atoms. The van der Waals surface area contributed by atoms with Crippen molar-refractivity contribution in [1.29, 1.82) is 0 Å². The van der Waals surface area contributed by atoms with Crippen LogP contribution in [0.1, 0.15) is 28.3 Å². The average molecular weight is 275 g/mol. The van der Waals surface area contributed by atoms with Crippen molar-refractivity contribution in [2.24, 2.45) is 5.73 Å². The van der Waals surface area contributed by atoms with Crippen LogP contribution in [0.4, 0.5) is 0 Å². The minimum absolute atomic E-state index is 0.0267. The van der Waals surface area contributed by atoms with Crippen LogP contribution in [0, 0.1) is 13.8 Å². The molecule has 3 aromatic rings. The third-order valence-electron chi connectivity index (χ3n) is 4.14. The highest BCUT2D eigenvalue weighted by Gasteiger charge is 2.13. The Labute approximate surface area is 126 Å². The number of fused-ring (bicyclic) bond motifs is 1. The van der Waals surface area contributed by atoms with Gasteiger partial charge in [0.1, 0.15) is 0 Å². The fourth-order valence-corrected chi connectivity index (χ4v) is 2.98. The first-order valence-electron chi connectivity index (χ1n) is 7.44. The van der Waals surface area contributed by atoms with Crippen LogP contribution < -0.4 is 5.73 Å². The highest BCUT2D eigenvalue weighted by molar-refractivity contribution is 5.87. The highest BCUT2D eigenvalue weighted by atomic mass is 14.6. The van der Waals surface area contributed by atoms with E-state index in [-0.39, 0.29) is 6.04 Å². The lowest BCUT2D eigenvalue weighted by atomic mass is 9.91. The fourth-order valence-electron chi connectivity index (χ4n) is 2.98. The number of benzene rings is 3. The molecule has 0 aromatic heterocycles. The molecule has 1 atom stereocenters. The SMILES string of the molecule is Cc1ccc(CC(N)c2c(C)ccc3ccccc23)cc1. The molecule has 0 heterocycles. The van der Waals surface area contributed by atoms with Crippen molar-refractivity contribution in [3.63, 3.8) is 0 Å². The molecule has 106 valence electrons. The van der Waals surface area contributed by atoms with Crippen LogP contribution in [0.15, 0.2) is 60.7 Å². The van der Waals surface area contributed by atoms with Gasteiger partial charge in [-0.3, -0.25) is 0 Å². The minimum Gasteiger partial charge on any atom is -0.324 e. The van der Waals surface area contributed by atoms with E-state index >= 15 is 0 Å². The Bertz CT molecular complexity index is 756. The second-order valence-corrected chi connectivity index (χ2v) is 5.81. The Kier molecular flexibility index (Phi) is 3.76. The fraction of sp³-hybridized carbons (Fsp3) is 0.200. The lowest BCUT2D eigenvalue weighted by Gasteiger charge is -2.18. The second kappa shape index (κ2) is 5.71. The first-order valence-corrected chi connectivity index (χ1v) is 7.44. The third-order valence-corrected chi connectivity index (χ3v) is 4.14. The lowest BCUT2D eigenvalue weighted by molar-refractivity contribution is 0.723. The number of rotatable bonds is 3. The quantitative estimate of drug-likeness (QED) is 0.736. The van der Waals surface area contributed by atoms with Gasteiger partial charge in [-0.2, -0.15) is 0 Å². The van der Waals surface area contributed by atoms with Gasteiger partial charge < -0.3 is 5.73 Å². The van der Waals surface area contributed by atoms with Crippen molar-refractivity contribution < 1.29 is 0 Å². The zero-order valence-corrected chi connectivity index (χ0v) is 12.6. The number of hydrogen-bond donors (Lipinski definition) is 1. The molecule has 0 aliphatic rings. The van der Waals surface area contributed by atoms with Gasteiger partial charge in [-0.1, -0.05) is 66.2 Å². The van der Waals surface area contributed by atoms with Gasteiger partial charge in [0, 0.05) is 6.04 Å². The van der Waals surface area contributed by atoms with Crippen molar-refractivity contribution in [3.8, 4) is 0 Å². The van der Waals surface area contributed by atoms with E-state index in [9.17, 15) is 0 Å². The van der Waals surface area contributed by atoms with Gasteiger partial charge in [-0.25, -0.2) is 0 Å². The third kappa shape index (κ3) is 2.84. The van der Waals surface area contributed by atoms with E-state index in [2.05, 4.69) is 74.5 Å². The van der Waals surface area contributed by atoms with E-state index in [0.29, 0.717) is 0 Å². The van der Waals surface area contributed by atoms with Crippen LogP contribution in [-0.2, 0) is 6.42 Å². The van der Waals surface area contributed by atoms with E-state index in [4.69, 9.17) is 5.73 Å². The van der Waals surface area contributed by atoms with Gasteiger partial charge in [0.25, 0.3) is 0 Å². The maximum absolute atomic E-state index is 6.53. The van der Waals surface area contributed by atoms with Gasteiger partial charge in [0.15, 0.2) is 0 Å². The minimum atomic E-state index is 0.0267. The van der Waals surface area contributed by atoms with Crippen LogP contribution >= 0.6 is 0 Å². The molecule has 0 radical (unpaired) electrons. The van der Waals surface area contributed by atoms with Crippen LogP contribution in [-0.4, -0.2) is 0 Å². The molecule has 0 fully saturated rings. The van der Waals surface area contributed by atoms with Gasteiger partial charge in [0.2, 0.25) is 0 Å². The van der Waals surface area contributed by atoms with E-state index in [1.807, 2.05) is 0 Å². The molecule has 0 saturated carbocycles. The van der Waals surface area contributed by atoms with Crippen molar-refractivity contribution in [3.05, 3.63) is 82.9 Å². The molecular formula is C20H21N. The summed E-state index contributed by atoms with van der Waals surface area (Å²) in [5, 5.41) is 2.54. The molecule has 1 heteroatoms. The second-order valence-electron chi connectivity index (χ2n) is 5.81. The van der Waals surface area contributed by atoms with Gasteiger partial charge in [0.05, 0.1) is 0 Å². The number of hydrogen-bond acceptors (Lipinski definition) is 1. The van der Waals surface area contributed by atoms with Crippen molar-refractivity contribution in [2.45, 2.75) is 26.3 Å². The number of aryl methyl sites for hydroxylation is 2. The van der Waals surface area contributed by atoms with Crippen molar-refractivity contribution >= 4 is 10.8 Å². The van der Waals surface area contributed by atoms with Gasteiger partial charge in [-0.15, -0.1) is 0 Å². The zero-order chi connectivity index (χ0) is 14.8. The average Bonchev–Trinajstić information content (AvgIpc) is 2.49. The Hall–Kier alpha value is -2.12. The van der Waals surface area contributed by atoms with E-state index in [1.165, 1.54) is 33.0 Å². The lowest BCUT2D eigenvalue weighted by Crippen LogP contribution is -2.15. The first kappa shape index (κ1) is 13.8. The predicted molar refractivity (Wildman–Crippen MR) is 90.5 cm³/mol. The molecule has 0 spiro atoms. The monoisotopic (exact) mass is 275 g/mol. The van der Waals surface area contributed by atoms with Crippen LogP contribution in [0.3, 0.4) is 0 Å².